The Balaban J connectivity index is 2.53. The third-order valence-corrected chi connectivity index (χ3v) is 4.06. The average Bonchev–Trinajstić information content (AvgIpc) is 2.66. The first-order valence-corrected chi connectivity index (χ1v) is 6.97. The van der Waals surface area contributed by atoms with E-state index in [2.05, 4.69) is 37.9 Å². The van der Waals surface area contributed by atoms with E-state index in [0.717, 1.165) is 6.54 Å². The Kier molecular flexibility index (Phi) is 6.03. The van der Waals surface area contributed by atoms with Gasteiger partial charge >= 0.3 is 0 Å². The lowest BCUT2D eigenvalue weighted by atomic mass is 10.2. The lowest BCUT2D eigenvalue weighted by molar-refractivity contribution is 0.248. The van der Waals surface area contributed by atoms with Crippen LogP contribution in [-0.2, 0) is 0 Å². The van der Waals surface area contributed by atoms with Gasteiger partial charge in [-0.1, -0.05) is 19.8 Å². The van der Waals surface area contributed by atoms with Crippen molar-refractivity contribution in [3.05, 3.63) is 21.9 Å². The van der Waals surface area contributed by atoms with Gasteiger partial charge in [-0.2, -0.15) is 0 Å². The van der Waals surface area contributed by atoms with Crippen molar-refractivity contribution in [2.45, 2.75) is 39.2 Å². The third-order valence-electron chi connectivity index (χ3n) is 2.96. The molecule has 1 rings (SSSR count). The summed E-state index contributed by atoms with van der Waals surface area (Å²) in [5.74, 6) is 0. The Hall–Kier alpha value is -0.380. The van der Waals surface area contributed by atoms with Crippen LogP contribution in [0.15, 0.2) is 12.1 Å². The Morgan fingerprint density at radius 1 is 1.38 bits per heavy atom. The number of aryl methyl sites for hydroxylation is 1. The van der Waals surface area contributed by atoms with E-state index >= 15 is 0 Å². The minimum atomic E-state index is 0.399. The number of unbranched alkanes of at least 4 members (excludes halogenated alkanes) is 2. The summed E-state index contributed by atoms with van der Waals surface area (Å²) in [6.07, 6.45) is 3.86. The summed E-state index contributed by atoms with van der Waals surface area (Å²) in [6, 6.07) is 4.80. The third kappa shape index (κ3) is 3.89. The molecule has 0 bridgehead atoms. The van der Waals surface area contributed by atoms with Crippen molar-refractivity contribution in [2.24, 2.45) is 5.73 Å². The van der Waals surface area contributed by atoms with Crippen LogP contribution in [0.5, 0.6) is 0 Å². The molecule has 1 aromatic rings. The number of hydrogen-bond donors (Lipinski definition) is 1. The van der Waals surface area contributed by atoms with Crippen LogP contribution in [0.4, 0.5) is 0 Å². The summed E-state index contributed by atoms with van der Waals surface area (Å²) in [5, 5.41) is 0. The van der Waals surface area contributed by atoms with Gasteiger partial charge in [0.05, 0.1) is 6.04 Å². The van der Waals surface area contributed by atoms with Crippen LogP contribution in [0.1, 0.15) is 42.0 Å². The summed E-state index contributed by atoms with van der Waals surface area (Å²) in [5.41, 5.74) is 5.88. The number of thiophene rings is 1. The number of nitrogens with zero attached hydrogens (tertiary/aromatic N) is 1. The highest BCUT2D eigenvalue weighted by atomic mass is 32.1. The first-order valence-electron chi connectivity index (χ1n) is 6.15. The highest BCUT2D eigenvalue weighted by Gasteiger charge is 2.16. The van der Waals surface area contributed by atoms with E-state index in [1.165, 1.54) is 29.0 Å². The summed E-state index contributed by atoms with van der Waals surface area (Å²) in [4.78, 5) is 5.16. The molecule has 3 heteroatoms. The molecule has 1 aromatic heterocycles. The fourth-order valence-corrected chi connectivity index (χ4v) is 2.97. The molecule has 0 aliphatic carbocycles. The van der Waals surface area contributed by atoms with Crippen LogP contribution in [0.3, 0.4) is 0 Å². The second-order valence-electron chi connectivity index (χ2n) is 4.39. The fraction of sp³-hybridized carbons (Fsp3) is 0.692. The fourth-order valence-electron chi connectivity index (χ4n) is 1.91. The maximum atomic E-state index is 5.88. The maximum absolute atomic E-state index is 5.88. The topological polar surface area (TPSA) is 29.3 Å². The lowest BCUT2D eigenvalue weighted by Crippen LogP contribution is -2.30. The van der Waals surface area contributed by atoms with Crippen LogP contribution in [0, 0.1) is 6.92 Å². The van der Waals surface area contributed by atoms with E-state index in [1.807, 2.05) is 11.3 Å². The van der Waals surface area contributed by atoms with Crippen LogP contribution < -0.4 is 5.73 Å². The molecule has 2 N–H and O–H groups in total. The summed E-state index contributed by atoms with van der Waals surface area (Å²) < 4.78 is 0. The first kappa shape index (κ1) is 13.7. The minimum Gasteiger partial charge on any atom is -0.329 e. The molecular formula is C13H24N2S. The summed E-state index contributed by atoms with van der Waals surface area (Å²) >= 11 is 1.87. The predicted octanol–water partition coefficient (Wildman–Crippen LogP) is 3.18. The van der Waals surface area contributed by atoms with Crippen LogP contribution in [-0.4, -0.2) is 25.0 Å². The van der Waals surface area contributed by atoms with Crippen LogP contribution >= 0.6 is 11.3 Å². The average molecular weight is 240 g/mol. The number of nitrogens with two attached hydrogens (primary N) is 1. The van der Waals surface area contributed by atoms with Crippen molar-refractivity contribution < 1.29 is 0 Å². The van der Waals surface area contributed by atoms with E-state index in [4.69, 9.17) is 5.73 Å². The Labute approximate surface area is 103 Å². The molecule has 2 nitrogen and oxygen atoms in total. The molecule has 0 saturated heterocycles. The maximum Gasteiger partial charge on any atom is 0.0561 e. The van der Waals surface area contributed by atoms with E-state index in [1.54, 1.807) is 0 Å². The lowest BCUT2D eigenvalue weighted by Gasteiger charge is -2.26. The monoisotopic (exact) mass is 240 g/mol. The van der Waals surface area contributed by atoms with E-state index in [0.29, 0.717) is 12.6 Å². The number of likely N-dealkylation sites (N-methyl/N-ethyl adjacent to an activating group) is 1. The van der Waals surface area contributed by atoms with Crippen molar-refractivity contribution in [3.63, 3.8) is 0 Å². The van der Waals surface area contributed by atoms with Gasteiger partial charge in [0, 0.05) is 16.3 Å². The quantitative estimate of drug-likeness (QED) is 0.742. The smallest absolute Gasteiger partial charge is 0.0561 e. The largest absolute Gasteiger partial charge is 0.329 e. The van der Waals surface area contributed by atoms with Gasteiger partial charge in [0.15, 0.2) is 0 Å². The van der Waals surface area contributed by atoms with E-state index in [9.17, 15) is 0 Å². The molecule has 0 spiro atoms. The van der Waals surface area contributed by atoms with Gasteiger partial charge < -0.3 is 5.73 Å². The molecular weight excluding hydrogens is 216 g/mol. The van der Waals surface area contributed by atoms with Gasteiger partial charge in [0.1, 0.15) is 0 Å². The van der Waals surface area contributed by atoms with Gasteiger partial charge in [-0.05, 0) is 39.1 Å². The van der Waals surface area contributed by atoms with Gasteiger partial charge in [-0.25, -0.2) is 0 Å². The molecule has 0 aliphatic rings. The van der Waals surface area contributed by atoms with E-state index < -0.39 is 0 Å². The molecule has 1 unspecified atom stereocenters. The number of hydrogen-bond acceptors (Lipinski definition) is 3. The molecule has 0 aromatic carbocycles. The molecule has 0 fully saturated rings. The van der Waals surface area contributed by atoms with Gasteiger partial charge in [0.2, 0.25) is 0 Å². The zero-order valence-electron chi connectivity index (χ0n) is 10.7. The normalized spacial score (nSPS) is 13.3. The Morgan fingerprint density at radius 2 is 2.12 bits per heavy atom. The van der Waals surface area contributed by atoms with Crippen molar-refractivity contribution in [1.29, 1.82) is 0 Å². The van der Waals surface area contributed by atoms with Crippen molar-refractivity contribution in [2.75, 3.05) is 20.1 Å². The molecule has 92 valence electrons. The van der Waals surface area contributed by atoms with Crippen molar-refractivity contribution >= 4 is 11.3 Å². The molecule has 1 atom stereocenters. The van der Waals surface area contributed by atoms with Gasteiger partial charge in [-0.15, -0.1) is 11.3 Å². The van der Waals surface area contributed by atoms with Crippen LogP contribution in [0.25, 0.3) is 0 Å². The Morgan fingerprint density at radius 3 is 2.62 bits per heavy atom. The molecule has 1 heterocycles. The van der Waals surface area contributed by atoms with E-state index in [-0.39, 0.29) is 0 Å². The highest BCUT2D eigenvalue weighted by Crippen LogP contribution is 2.26. The second-order valence-corrected chi connectivity index (χ2v) is 5.71. The zero-order chi connectivity index (χ0) is 12.0. The summed E-state index contributed by atoms with van der Waals surface area (Å²) in [7, 11) is 2.18. The highest BCUT2D eigenvalue weighted by molar-refractivity contribution is 7.12. The molecule has 16 heavy (non-hydrogen) atoms. The van der Waals surface area contributed by atoms with Crippen molar-refractivity contribution in [1.82, 2.24) is 4.90 Å². The van der Waals surface area contributed by atoms with Crippen LogP contribution in [0.2, 0.25) is 0 Å². The molecule has 0 aliphatic heterocycles. The minimum absolute atomic E-state index is 0.399. The van der Waals surface area contributed by atoms with Gasteiger partial charge in [0.25, 0.3) is 0 Å². The first-order chi connectivity index (χ1) is 7.69. The molecule has 0 amide bonds. The van der Waals surface area contributed by atoms with Crippen molar-refractivity contribution in [3.8, 4) is 0 Å². The number of rotatable bonds is 7. The summed E-state index contributed by atoms with van der Waals surface area (Å²) in [6.45, 7) is 6.25. The SMILES string of the molecule is CCCCCN(C)C(CN)c1ccc(C)s1. The molecule has 0 radical (unpaired) electrons. The zero-order valence-corrected chi connectivity index (χ0v) is 11.5. The standard InChI is InChI=1S/C13H24N2S/c1-4-5-6-9-15(3)12(10-14)13-8-7-11(2)16-13/h7-8,12H,4-6,9-10,14H2,1-3H3. The molecule has 0 saturated carbocycles. The second kappa shape index (κ2) is 7.05. The Bertz CT molecular complexity index is 296. The predicted molar refractivity (Wildman–Crippen MR) is 73.0 cm³/mol. The van der Waals surface area contributed by atoms with Gasteiger partial charge in [-0.3, -0.25) is 4.90 Å².